The Morgan fingerprint density at radius 3 is 2.57 bits per heavy atom. The molecule has 2 heterocycles. The van der Waals surface area contributed by atoms with Gasteiger partial charge in [0.15, 0.2) is 0 Å². The Morgan fingerprint density at radius 2 is 2.00 bits per heavy atom. The fraction of sp³-hybridized carbons (Fsp3) is 0.450. The number of aliphatic hydroxyl groups excluding tert-OH is 1. The predicted octanol–water partition coefficient (Wildman–Crippen LogP) is 2.53. The van der Waals surface area contributed by atoms with Crippen LogP contribution in [-0.4, -0.2) is 55.9 Å². The lowest BCUT2D eigenvalue weighted by Gasteiger charge is -2.47. The lowest BCUT2D eigenvalue weighted by molar-refractivity contribution is -0.162. The van der Waals surface area contributed by atoms with Crippen LogP contribution in [0.25, 0.3) is 0 Å². The average molecular weight is 407 g/mol. The molecule has 0 radical (unpaired) electrons. The number of aliphatic hydroxyl groups is 1. The van der Waals surface area contributed by atoms with Crippen LogP contribution >= 0.6 is 10.0 Å². The number of amides is 1. The minimum atomic E-state index is -2.53. The molecule has 0 saturated carbocycles. The van der Waals surface area contributed by atoms with Gasteiger partial charge in [0.25, 0.3) is 0 Å². The molecule has 152 valence electrons. The van der Waals surface area contributed by atoms with E-state index in [2.05, 4.69) is 6.58 Å². The summed E-state index contributed by atoms with van der Waals surface area (Å²) in [6.45, 7) is 7.07. The molecule has 2 saturated heterocycles. The molecule has 2 aliphatic rings. The van der Waals surface area contributed by atoms with E-state index >= 15 is 0 Å². The van der Waals surface area contributed by atoms with Gasteiger partial charge in [0, 0.05) is 4.75 Å². The SMILES string of the molecule is C=CCOC(=O)[S@@]1(CO)[C@@H]2CC(=O)N2[C@@H](C(=O)OCc2ccccc2)C1(C)C. The summed E-state index contributed by atoms with van der Waals surface area (Å²) in [6, 6.07) is 8.27. The molecule has 3 atom stereocenters. The van der Waals surface area contributed by atoms with Gasteiger partial charge < -0.3 is 19.5 Å². The first-order valence-corrected chi connectivity index (χ1v) is 10.9. The van der Waals surface area contributed by atoms with Crippen LogP contribution in [0.2, 0.25) is 0 Å². The highest BCUT2D eigenvalue weighted by Crippen LogP contribution is 2.73. The molecule has 1 amide bonds. The van der Waals surface area contributed by atoms with Gasteiger partial charge in [-0.25, -0.2) is 9.59 Å². The van der Waals surface area contributed by atoms with Crippen LogP contribution in [0.4, 0.5) is 4.79 Å². The number of hydrogen-bond donors (Lipinski definition) is 1. The molecule has 8 heteroatoms. The Bertz CT molecular complexity index is 795. The quantitative estimate of drug-likeness (QED) is 0.443. The van der Waals surface area contributed by atoms with Crippen LogP contribution in [0, 0.1) is 0 Å². The monoisotopic (exact) mass is 407 g/mol. The van der Waals surface area contributed by atoms with E-state index in [4.69, 9.17) is 9.47 Å². The maximum absolute atomic E-state index is 13.0. The molecule has 28 heavy (non-hydrogen) atoms. The lowest BCUT2D eigenvalue weighted by atomic mass is 9.98. The molecule has 0 aliphatic carbocycles. The Hall–Kier alpha value is -2.32. The topological polar surface area (TPSA) is 93.1 Å². The number of esters is 1. The minimum absolute atomic E-state index is 0.00739. The maximum Gasteiger partial charge on any atom is 0.354 e. The van der Waals surface area contributed by atoms with Gasteiger partial charge in [-0.15, -0.1) is 0 Å². The van der Waals surface area contributed by atoms with E-state index in [-0.39, 0.29) is 25.5 Å². The summed E-state index contributed by atoms with van der Waals surface area (Å²) >= 11 is 0. The fourth-order valence-electron chi connectivity index (χ4n) is 4.00. The van der Waals surface area contributed by atoms with E-state index in [1.54, 1.807) is 13.8 Å². The molecular formula is C20H25NO6S. The molecule has 2 aliphatic heterocycles. The van der Waals surface area contributed by atoms with Crippen molar-refractivity contribution in [1.29, 1.82) is 0 Å². The molecule has 0 unspecified atom stereocenters. The highest BCUT2D eigenvalue weighted by atomic mass is 32.3. The van der Waals surface area contributed by atoms with Gasteiger partial charge in [0.1, 0.15) is 19.3 Å². The van der Waals surface area contributed by atoms with Gasteiger partial charge in [-0.1, -0.05) is 53.0 Å². The van der Waals surface area contributed by atoms with Crippen molar-refractivity contribution in [3.05, 3.63) is 48.6 Å². The van der Waals surface area contributed by atoms with Crippen molar-refractivity contribution in [2.24, 2.45) is 0 Å². The Kier molecular flexibility index (Phi) is 5.54. The minimum Gasteiger partial charge on any atom is -0.459 e. The third-order valence-corrected chi connectivity index (χ3v) is 10.1. The zero-order valence-corrected chi connectivity index (χ0v) is 16.8. The summed E-state index contributed by atoms with van der Waals surface area (Å²) < 4.78 is 9.76. The Balaban J connectivity index is 1.88. The second-order valence-corrected chi connectivity index (χ2v) is 11.1. The van der Waals surface area contributed by atoms with E-state index < -0.39 is 43.4 Å². The van der Waals surface area contributed by atoms with Crippen molar-refractivity contribution in [3.63, 3.8) is 0 Å². The second kappa shape index (κ2) is 7.60. The third-order valence-electron chi connectivity index (χ3n) is 5.55. The van der Waals surface area contributed by atoms with E-state index in [0.29, 0.717) is 0 Å². The van der Waals surface area contributed by atoms with E-state index in [1.807, 2.05) is 30.3 Å². The first-order valence-electron chi connectivity index (χ1n) is 9.01. The fourth-order valence-corrected chi connectivity index (χ4v) is 7.90. The Morgan fingerprint density at radius 1 is 1.32 bits per heavy atom. The van der Waals surface area contributed by atoms with Crippen LogP contribution in [0.3, 0.4) is 0 Å². The third kappa shape index (κ3) is 2.91. The number of nitrogens with zero attached hydrogens (tertiary/aromatic N) is 1. The van der Waals surface area contributed by atoms with Gasteiger partial charge in [-0.3, -0.25) is 4.79 Å². The van der Waals surface area contributed by atoms with Gasteiger partial charge >= 0.3 is 11.3 Å². The summed E-state index contributed by atoms with van der Waals surface area (Å²) in [5, 5.41) is 9.18. The van der Waals surface area contributed by atoms with Crippen LogP contribution in [0.5, 0.6) is 0 Å². The molecule has 7 nitrogen and oxygen atoms in total. The van der Waals surface area contributed by atoms with Crippen molar-refractivity contribution < 1.29 is 29.0 Å². The molecule has 3 rings (SSSR count). The Labute approximate surface area is 165 Å². The molecule has 0 spiro atoms. The largest absolute Gasteiger partial charge is 0.459 e. The normalized spacial score (nSPS) is 27.5. The number of β-lactam (4-membered cyclic amide) rings is 1. The highest BCUT2D eigenvalue weighted by Gasteiger charge is 2.72. The van der Waals surface area contributed by atoms with Crippen molar-refractivity contribution in [3.8, 4) is 0 Å². The van der Waals surface area contributed by atoms with Crippen LogP contribution in [0.1, 0.15) is 25.8 Å². The first-order chi connectivity index (χ1) is 13.3. The van der Waals surface area contributed by atoms with Crippen molar-refractivity contribution in [1.82, 2.24) is 4.90 Å². The van der Waals surface area contributed by atoms with Crippen LogP contribution in [-0.2, 0) is 25.7 Å². The van der Waals surface area contributed by atoms with Crippen molar-refractivity contribution in [2.45, 2.75) is 43.0 Å². The predicted molar refractivity (Wildman–Crippen MR) is 106 cm³/mol. The number of carbonyl (C=O) groups excluding carboxylic acids is 3. The number of carbonyl (C=O) groups is 3. The summed E-state index contributed by atoms with van der Waals surface area (Å²) in [5.74, 6) is -1.25. The standard InChI is InChI=1S/C20H25NO6S/c1-4-10-26-19(25)28(13-22)16-11-15(23)21(16)17(20(28,2)3)18(24)27-12-14-8-6-5-7-9-14/h4-9,16-17,22H,1,10-13H2,2-3H3/t16-,17+/m1/s1. The molecule has 1 aromatic rings. The number of benzene rings is 1. The van der Waals surface area contributed by atoms with Crippen molar-refractivity contribution >= 4 is 27.2 Å². The number of ether oxygens (including phenoxy) is 2. The van der Waals surface area contributed by atoms with Crippen LogP contribution < -0.4 is 0 Å². The van der Waals surface area contributed by atoms with Gasteiger partial charge in [0.2, 0.25) is 5.91 Å². The van der Waals surface area contributed by atoms with Crippen molar-refractivity contribution in [2.75, 3.05) is 12.5 Å². The molecule has 1 N–H and O–H groups in total. The van der Waals surface area contributed by atoms with Gasteiger partial charge in [0.05, 0.1) is 17.7 Å². The molecule has 1 aromatic carbocycles. The second-order valence-electron chi connectivity index (χ2n) is 7.33. The summed E-state index contributed by atoms with van der Waals surface area (Å²) in [4.78, 5) is 39.6. The van der Waals surface area contributed by atoms with E-state index in [9.17, 15) is 19.5 Å². The van der Waals surface area contributed by atoms with E-state index in [1.165, 1.54) is 11.0 Å². The van der Waals surface area contributed by atoms with E-state index in [0.717, 1.165) is 5.56 Å². The summed E-state index contributed by atoms with van der Waals surface area (Å²) in [7, 11) is -2.53. The first kappa shape index (κ1) is 20.4. The maximum atomic E-state index is 13.0. The summed E-state index contributed by atoms with van der Waals surface area (Å²) in [5.41, 5.74) is 0.823. The molecule has 2 fully saturated rings. The average Bonchev–Trinajstić information content (AvgIpc) is 2.85. The summed E-state index contributed by atoms with van der Waals surface area (Å²) in [6.07, 6.45) is 1.56. The molecule has 0 bridgehead atoms. The number of fused-ring (bicyclic) bond motifs is 1. The zero-order chi connectivity index (χ0) is 20.5. The smallest absolute Gasteiger partial charge is 0.354 e. The van der Waals surface area contributed by atoms with Gasteiger partial charge in [-0.05, 0) is 19.4 Å². The lowest BCUT2D eigenvalue weighted by Crippen LogP contribution is -2.57. The number of rotatable bonds is 6. The highest BCUT2D eigenvalue weighted by molar-refractivity contribution is 8.46. The number of hydrogen-bond acceptors (Lipinski definition) is 6. The zero-order valence-electron chi connectivity index (χ0n) is 16.0. The van der Waals surface area contributed by atoms with Gasteiger partial charge in [-0.2, -0.15) is 0 Å². The molecular weight excluding hydrogens is 382 g/mol. The molecule has 0 aromatic heterocycles. The van der Waals surface area contributed by atoms with Crippen LogP contribution in [0.15, 0.2) is 43.0 Å².